The van der Waals surface area contributed by atoms with Gasteiger partial charge in [-0.3, -0.25) is 9.78 Å². The van der Waals surface area contributed by atoms with Gasteiger partial charge in [-0.25, -0.2) is 0 Å². The van der Waals surface area contributed by atoms with Crippen LogP contribution in [-0.4, -0.2) is 42.0 Å². The van der Waals surface area contributed by atoms with Gasteiger partial charge in [-0.1, -0.05) is 0 Å². The molecule has 0 aliphatic heterocycles. The standard InChI is InChI=1S/C13H22N4O/c1-9-11(6-10(14)7-15-9)12(18)16-8-13(2,3)17(4)5/h6-7H,8,14H2,1-5H3,(H,16,18). The molecule has 0 fully saturated rings. The number of nitrogens with one attached hydrogen (secondary N) is 1. The molecule has 0 aliphatic rings. The predicted molar refractivity (Wildman–Crippen MR) is 73.5 cm³/mol. The second kappa shape index (κ2) is 5.35. The third-order valence-electron chi connectivity index (χ3n) is 3.24. The van der Waals surface area contributed by atoms with E-state index < -0.39 is 0 Å². The number of nitrogens with zero attached hydrogens (tertiary/aromatic N) is 2. The third kappa shape index (κ3) is 3.43. The Morgan fingerprint density at radius 1 is 1.50 bits per heavy atom. The Hall–Kier alpha value is -1.62. The molecule has 5 nitrogen and oxygen atoms in total. The number of rotatable bonds is 4. The van der Waals surface area contributed by atoms with Gasteiger partial charge < -0.3 is 16.0 Å². The molecule has 1 aromatic rings. The summed E-state index contributed by atoms with van der Waals surface area (Å²) < 4.78 is 0. The third-order valence-corrected chi connectivity index (χ3v) is 3.24. The molecule has 0 aromatic carbocycles. The van der Waals surface area contributed by atoms with Crippen LogP contribution in [0.15, 0.2) is 12.3 Å². The number of pyridine rings is 1. The van der Waals surface area contributed by atoms with Crippen LogP contribution < -0.4 is 11.1 Å². The lowest BCUT2D eigenvalue weighted by Crippen LogP contribution is -2.48. The van der Waals surface area contributed by atoms with Gasteiger partial charge in [-0.05, 0) is 40.9 Å². The van der Waals surface area contributed by atoms with Gasteiger partial charge in [-0.2, -0.15) is 0 Å². The highest BCUT2D eigenvalue weighted by atomic mass is 16.1. The van der Waals surface area contributed by atoms with E-state index in [1.54, 1.807) is 19.2 Å². The monoisotopic (exact) mass is 250 g/mol. The molecule has 0 radical (unpaired) electrons. The minimum atomic E-state index is -0.137. The maximum absolute atomic E-state index is 12.1. The Bertz CT molecular complexity index is 441. The number of likely N-dealkylation sites (N-methyl/N-ethyl adjacent to an activating group) is 1. The lowest BCUT2D eigenvalue weighted by atomic mass is 10.0. The van der Waals surface area contributed by atoms with Crippen molar-refractivity contribution in [3.05, 3.63) is 23.5 Å². The highest BCUT2D eigenvalue weighted by Crippen LogP contribution is 2.11. The summed E-state index contributed by atoms with van der Waals surface area (Å²) in [5.74, 6) is -0.137. The normalized spacial score (nSPS) is 11.7. The van der Waals surface area contributed by atoms with Gasteiger partial charge in [0.1, 0.15) is 0 Å². The van der Waals surface area contributed by atoms with Crippen LogP contribution in [-0.2, 0) is 0 Å². The molecule has 0 saturated heterocycles. The number of aromatic nitrogens is 1. The van der Waals surface area contributed by atoms with E-state index in [0.717, 1.165) is 0 Å². The minimum absolute atomic E-state index is 0.0999. The van der Waals surface area contributed by atoms with Crippen LogP contribution in [0.2, 0.25) is 0 Å². The van der Waals surface area contributed by atoms with Crippen molar-refractivity contribution in [3.63, 3.8) is 0 Å². The van der Waals surface area contributed by atoms with E-state index in [1.165, 1.54) is 0 Å². The number of amides is 1. The summed E-state index contributed by atoms with van der Waals surface area (Å²) in [5.41, 5.74) is 7.26. The summed E-state index contributed by atoms with van der Waals surface area (Å²) in [6.45, 7) is 6.49. The van der Waals surface area contributed by atoms with E-state index in [0.29, 0.717) is 23.5 Å². The van der Waals surface area contributed by atoms with Crippen molar-refractivity contribution in [3.8, 4) is 0 Å². The molecule has 1 heterocycles. The van der Waals surface area contributed by atoms with Crippen molar-refractivity contribution in [1.82, 2.24) is 15.2 Å². The van der Waals surface area contributed by atoms with Crippen LogP contribution in [0.5, 0.6) is 0 Å². The average Bonchev–Trinajstić information content (AvgIpc) is 2.29. The molecule has 1 amide bonds. The van der Waals surface area contributed by atoms with Crippen molar-refractivity contribution in [2.24, 2.45) is 0 Å². The number of nitrogen functional groups attached to an aromatic ring is 1. The number of anilines is 1. The van der Waals surface area contributed by atoms with Crippen molar-refractivity contribution >= 4 is 11.6 Å². The molecule has 1 aromatic heterocycles. The number of nitrogens with two attached hydrogens (primary N) is 1. The van der Waals surface area contributed by atoms with Crippen LogP contribution in [0.3, 0.4) is 0 Å². The molecule has 18 heavy (non-hydrogen) atoms. The Labute approximate surface area is 108 Å². The zero-order valence-corrected chi connectivity index (χ0v) is 11.7. The molecule has 0 aliphatic carbocycles. The summed E-state index contributed by atoms with van der Waals surface area (Å²) in [7, 11) is 3.97. The second-order valence-corrected chi connectivity index (χ2v) is 5.29. The van der Waals surface area contributed by atoms with Crippen molar-refractivity contribution < 1.29 is 4.79 Å². The summed E-state index contributed by atoms with van der Waals surface area (Å²) in [6.07, 6.45) is 1.55. The maximum Gasteiger partial charge on any atom is 0.253 e. The topological polar surface area (TPSA) is 71.2 Å². The largest absolute Gasteiger partial charge is 0.397 e. The van der Waals surface area contributed by atoms with E-state index >= 15 is 0 Å². The fourth-order valence-corrected chi connectivity index (χ4v) is 1.33. The first kappa shape index (κ1) is 14.4. The maximum atomic E-state index is 12.1. The highest BCUT2D eigenvalue weighted by molar-refractivity contribution is 5.95. The Morgan fingerprint density at radius 3 is 2.67 bits per heavy atom. The average molecular weight is 250 g/mol. The molecule has 0 bridgehead atoms. The summed E-state index contributed by atoms with van der Waals surface area (Å²) >= 11 is 0. The van der Waals surface area contributed by atoms with Gasteiger partial charge in [0.05, 0.1) is 23.1 Å². The fourth-order valence-electron chi connectivity index (χ4n) is 1.33. The van der Waals surface area contributed by atoms with Gasteiger partial charge in [0.15, 0.2) is 0 Å². The van der Waals surface area contributed by atoms with Crippen molar-refractivity contribution in [2.45, 2.75) is 26.3 Å². The zero-order chi connectivity index (χ0) is 13.9. The van der Waals surface area contributed by atoms with E-state index in [9.17, 15) is 4.79 Å². The SMILES string of the molecule is Cc1ncc(N)cc1C(=O)NCC(C)(C)N(C)C. The number of hydrogen-bond acceptors (Lipinski definition) is 4. The predicted octanol–water partition coefficient (Wildman–Crippen LogP) is 1.04. The van der Waals surface area contributed by atoms with Crippen LogP contribution in [0.1, 0.15) is 29.9 Å². The molecular weight excluding hydrogens is 228 g/mol. The first-order chi connectivity index (χ1) is 8.24. The zero-order valence-electron chi connectivity index (χ0n) is 11.7. The van der Waals surface area contributed by atoms with Crippen molar-refractivity contribution in [1.29, 1.82) is 0 Å². The quantitative estimate of drug-likeness (QED) is 0.837. The van der Waals surface area contributed by atoms with Gasteiger partial charge >= 0.3 is 0 Å². The molecule has 100 valence electrons. The van der Waals surface area contributed by atoms with Crippen molar-refractivity contribution in [2.75, 3.05) is 26.4 Å². The highest BCUT2D eigenvalue weighted by Gasteiger charge is 2.22. The number of carbonyl (C=O) groups is 1. The van der Waals surface area contributed by atoms with Crippen LogP contribution in [0.4, 0.5) is 5.69 Å². The number of hydrogen-bond donors (Lipinski definition) is 2. The first-order valence-electron chi connectivity index (χ1n) is 5.92. The van der Waals surface area contributed by atoms with Crippen LogP contribution >= 0.6 is 0 Å². The second-order valence-electron chi connectivity index (χ2n) is 5.29. The van der Waals surface area contributed by atoms with E-state index in [1.807, 2.05) is 14.1 Å². The molecule has 0 atom stereocenters. The Kier molecular flexibility index (Phi) is 4.29. The number of aryl methyl sites for hydroxylation is 1. The molecular formula is C13H22N4O. The lowest BCUT2D eigenvalue weighted by Gasteiger charge is -2.32. The lowest BCUT2D eigenvalue weighted by molar-refractivity contribution is 0.0918. The number of carbonyl (C=O) groups excluding carboxylic acids is 1. The van der Waals surface area contributed by atoms with E-state index in [4.69, 9.17) is 5.73 Å². The van der Waals surface area contributed by atoms with Gasteiger partial charge in [0.2, 0.25) is 0 Å². The van der Waals surface area contributed by atoms with E-state index in [2.05, 4.69) is 29.0 Å². The summed E-state index contributed by atoms with van der Waals surface area (Å²) in [6, 6.07) is 1.65. The molecule has 0 saturated carbocycles. The molecule has 0 spiro atoms. The fraction of sp³-hybridized carbons (Fsp3) is 0.538. The molecule has 1 rings (SSSR count). The summed E-state index contributed by atoms with van der Waals surface area (Å²) in [4.78, 5) is 18.2. The molecule has 3 N–H and O–H groups in total. The van der Waals surface area contributed by atoms with Gasteiger partial charge in [0.25, 0.3) is 5.91 Å². The first-order valence-corrected chi connectivity index (χ1v) is 5.92. The van der Waals surface area contributed by atoms with Gasteiger partial charge in [-0.15, -0.1) is 0 Å². The smallest absolute Gasteiger partial charge is 0.253 e. The Balaban J connectivity index is 2.75. The Morgan fingerprint density at radius 2 is 2.11 bits per heavy atom. The molecule has 0 unspecified atom stereocenters. The van der Waals surface area contributed by atoms with Gasteiger partial charge in [0, 0.05) is 12.1 Å². The minimum Gasteiger partial charge on any atom is -0.397 e. The van der Waals surface area contributed by atoms with E-state index in [-0.39, 0.29) is 11.4 Å². The summed E-state index contributed by atoms with van der Waals surface area (Å²) in [5, 5.41) is 2.91. The van der Waals surface area contributed by atoms with Crippen LogP contribution in [0, 0.1) is 6.92 Å². The van der Waals surface area contributed by atoms with Crippen LogP contribution in [0.25, 0.3) is 0 Å². The molecule has 5 heteroatoms.